The third-order valence-electron chi connectivity index (χ3n) is 3.48. The molecule has 0 amide bonds. The van der Waals surface area contributed by atoms with Gasteiger partial charge in [0.2, 0.25) is 0 Å². The van der Waals surface area contributed by atoms with Crippen LogP contribution in [0.1, 0.15) is 45.2 Å². The first-order valence-corrected chi connectivity index (χ1v) is 6.12. The van der Waals surface area contributed by atoms with Crippen molar-refractivity contribution in [2.75, 3.05) is 6.61 Å². The summed E-state index contributed by atoms with van der Waals surface area (Å²) in [6.45, 7) is 9.87. The van der Waals surface area contributed by atoms with E-state index in [0.29, 0.717) is 0 Å². The van der Waals surface area contributed by atoms with Crippen LogP contribution in [-0.2, 0) is 16.6 Å². The maximum atomic E-state index is 5.62. The standard InChI is InChI=1S/C15H22O/c1-14(2,3)13-7-5-12(6-8-13)11-15(4)9-10-16-15/h5-8H,9-11H2,1-4H3. The predicted octanol–water partition coefficient (Wildman–Crippen LogP) is 3.71. The Morgan fingerprint density at radius 3 is 2.12 bits per heavy atom. The molecule has 88 valence electrons. The van der Waals surface area contributed by atoms with Gasteiger partial charge in [0.05, 0.1) is 12.2 Å². The van der Waals surface area contributed by atoms with E-state index in [1.807, 2.05) is 0 Å². The van der Waals surface area contributed by atoms with E-state index in [0.717, 1.165) is 13.0 Å². The highest BCUT2D eigenvalue weighted by atomic mass is 16.5. The predicted molar refractivity (Wildman–Crippen MR) is 67.8 cm³/mol. The maximum absolute atomic E-state index is 5.62. The van der Waals surface area contributed by atoms with Crippen LogP contribution in [0.5, 0.6) is 0 Å². The van der Waals surface area contributed by atoms with Crippen molar-refractivity contribution in [1.82, 2.24) is 0 Å². The lowest BCUT2D eigenvalue weighted by molar-refractivity contribution is -0.132. The first-order chi connectivity index (χ1) is 7.39. The fourth-order valence-electron chi connectivity index (χ4n) is 2.14. The normalized spacial score (nSPS) is 25.2. The molecular weight excluding hydrogens is 196 g/mol. The molecule has 0 N–H and O–H groups in total. The molecule has 1 heterocycles. The van der Waals surface area contributed by atoms with Crippen molar-refractivity contribution >= 4 is 0 Å². The van der Waals surface area contributed by atoms with E-state index in [2.05, 4.69) is 52.0 Å². The summed E-state index contributed by atoms with van der Waals surface area (Å²) < 4.78 is 5.62. The van der Waals surface area contributed by atoms with Crippen molar-refractivity contribution in [3.8, 4) is 0 Å². The van der Waals surface area contributed by atoms with Crippen molar-refractivity contribution < 1.29 is 4.74 Å². The van der Waals surface area contributed by atoms with E-state index < -0.39 is 0 Å². The summed E-state index contributed by atoms with van der Waals surface area (Å²) in [6, 6.07) is 8.98. The summed E-state index contributed by atoms with van der Waals surface area (Å²) in [6.07, 6.45) is 2.23. The largest absolute Gasteiger partial charge is 0.375 e. The van der Waals surface area contributed by atoms with Crippen LogP contribution >= 0.6 is 0 Å². The summed E-state index contributed by atoms with van der Waals surface area (Å²) in [4.78, 5) is 0. The van der Waals surface area contributed by atoms with E-state index in [1.165, 1.54) is 17.5 Å². The number of rotatable bonds is 2. The van der Waals surface area contributed by atoms with Gasteiger partial charge >= 0.3 is 0 Å². The third kappa shape index (κ3) is 2.46. The third-order valence-corrected chi connectivity index (χ3v) is 3.48. The molecule has 0 radical (unpaired) electrons. The van der Waals surface area contributed by atoms with Crippen molar-refractivity contribution in [2.24, 2.45) is 0 Å². The van der Waals surface area contributed by atoms with E-state index in [-0.39, 0.29) is 11.0 Å². The van der Waals surface area contributed by atoms with E-state index in [9.17, 15) is 0 Å². The van der Waals surface area contributed by atoms with E-state index in [1.54, 1.807) is 0 Å². The van der Waals surface area contributed by atoms with Gasteiger partial charge in [0.1, 0.15) is 0 Å². The highest BCUT2D eigenvalue weighted by Crippen LogP contribution is 2.30. The Kier molecular flexibility index (Phi) is 2.83. The molecule has 2 rings (SSSR count). The van der Waals surface area contributed by atoms with Gasteiger partial charge in [0.25, 0.3) is 0 Å². The molecule has 1 unspecified atom stereocenters. The molecule has 0 spiro atoms. The fraction of sp³-hybridized carbons (Fsp3) is 0.600. The monoisotopic (exact) mass is 218 g/mol. The van der Waals surface area contributed by atoms with Crippen molar-refractivity contribution in [3.63, 3.8) is 0 Å². The topological polar surface area (TPSA) is 9.23 Å². The second kappa shape index (κ2) is 3.89. The van der Waals surface area contributed by atoms with Gasteiger partial charge in [-0.05, 0) is 29.9 Å². The van der Waals surface area contributed by atoms with Crippen molar-refractivity contribution in [2.45, 2.75) is 51.6 Å². The quantitative estimate of drug-likeness (QED) is 0.735. The molecule has 1 nitrogen and oxygen atoms in total. The Hall–Kier alpha value is -0.820. The van der Waals surface area contributed by atoms with Gasteiger partial charge in [-0.3, -0.25) is 0 Å². The van der Waals surface area contributed by atoms with Crippen LogP contribution in [0.3, 0.4) is 0 Å². The molecule has 1 aromatic carbocycles. The van der Waals surface area contributed by atoms with Crippen LogP contribution in [0, 0.1) is 0 Å². The maximum Gasteiger partial charge on any atom is 0.0716 e. The van der Waals surface area contributed by atoms with Gasteiger partial charge in [-0.2, -0.15) is 0 Å². The smallest absolute Gasteiger partial charge is 0.0716 e. The second-order valence-corrected chi connectivity index (χ2v) is 6.17. The highest BCUT2D eigenvalue weighted by molar-refractivity contribution is 5.28. The van der Waals surface area contributed by atoms with Crippen LogP contribution in [-0.4, -0.2) is 12.2 Å². The van der Waals surface area contributed by atoms with Crippen LogP contribution < -0.4 is 0 Å². The van der Waals surface area contributed by atoms with Crippen LogP contribution in [0.4, 0.5) is 0 Å². The first kappa shape index (κ1) is 11.7. The number of benzene rings is 1. The molecule has 0 bridgehead atoms. The van der Waals surface area contributed by atoms with E-state index >= 15 is 0 Å². The Morgan fingerprint density at radius 1 is 1.19 bits per heavy atom. The summed E-state index contributed by atoms with van der Waals surface area (Å²) in [5.41, 5.74) is 3.13. The molecule has 1 fully saturated rings. The molecule has 16 heavy (non-hydrogen) atoms. The molecule has 0 aromatic heterocycles. The number of hydrogen-bond acceptors (Lipinski definition) is 1. The molecule has 0 saturated carbocycles. The second-order valence-electron chi connectivity index (χ2n) is 6.17. The minimum absolute atomic E-state index is 0.100. The summed E-state index contributed by atoms with van der Waals surface area (Å²) in [5.74, 6) is 0. The lowest BCUT2D eigenvalue weighted by atomic mass is 9.84. The zero-order chi connectivity index (χ0) is 11.8. The molecule has 1 saturated heterocycles. The number of hydrogen-bond donors (Lipinski definition) is 0. The van der Waals surface area contributed by atoms with Crippen LogP contribution in [0.2, 0.25) is 0 Å². The zero-order valence-electron chi connectivity index (χ0n) is 10.8. The number of ether oxygens (including phenoxy) is 1. The lowest BCUT2D eigenvalue weighted by Crippen LogP contribution is -2.42. The lowest BCUT2D eigenvalue weighted by Gasteiger charge is -2.39. The summed E-state index contributed by atoms with van der Waals surface area (Å²) in [5, 5.41) is 0. The van der Waals surface area contributed by atoms with Gasteiger partial charge < -0.3 is 4.74 Å². The Morgan fingerprint density at radius 2 is 1.75 bits per heavy atom. The molecule has 0 aliphatic carbocycles. The summed E-state index contributed by atoms with van der Waals surface area (Å²) in [7, 11) is 0. The van der Waals surface area contributed by atoms with Crippen molar-refractivity contribution in [1.29, 1.82) is 0 Å². The van der Waals surface area contributed by atoms with Gasteiger partial charge in [0, 0.05) is 6.42 Å². The Bertz CT molecular complexity index is 352. The average Bonchev–Trinajstić information content (AvgIpc) is 2.15. The Balaban J connectivity index is 2.08. The van der Waals surface area contributed by atoms with Crippen LogP contribution in [0.15, 0.2) is 24.3 Å². The van der Waals surface area contributed by atoms with Gasteiger partial charge in [-0.15, -0.1) is 0 Å². The van der Waals surface area contributed by atoms with Gasteiger partial charge in [0.15, 0.2) is 0 Å². The van der Waals surface area contributed by atoms with Gasteiger partial charge in [-0.25, -0.2) is 0 Å². The SMILES string of the molecule is CC1(Cc2ccc(C(C)(C)C)cc2)CCO1. The summed E-state index contributed by atoms with van der Waals surface area (Å²) >= 11 is 0. The highest BCUT2D eigenvalue weighted by Gasteiger charge is 2.32. The van der Waals surface area contributed by atoms with Gasteiger partial charge in [-0.1, -0.05) is 45.0 Å². The minimum Gasteiger partial charge on any atom is -0.375 e. The molecule has 1 aliphatic heterocycles. The first-order valence-electron chi connectivity index (χ1n) is 6.12. The minimum atomic E-state index is 0.100. The average molecular weight is 218 g/mol. The molecule has 1 heteroatoms. The van der Waals surface area contributed by atoms with E-state index in [4.69, 9.17) is 4.74 Å². The van der Waals surface area contributed by atoms with Crippen molar-refractivity contribution in [3.05, 3.63) is 35.4 Å². The molecular formula is C15H22O. The fourth-order valence-corrected chi connectivity index (χ4v) is 2.14. The molecule has 1 atom stereocenters. The Labute approximate surface area is 98.8 Å². The van der Waals surface area contributed by atoms with Crippen LogP contribution in [0.25, 0.3) is 0 Å². The zero-order valence-corrected chi connectivity index (χ0v) is 10.8. The molecule has 1 aromatic rings. The molecule has 1 aliphatic rings.